The molecule has 6 rings (SSSR count). The Kier molecular flexibility index (Phi) is 6.20. The molecule has 10 heteroatoms. The van der Waals surface area contributed by atoms with Crippen molar-refractivity contribution >= 4 is 17.5 Å². The first kappa shape index (κ1) is 25.3. The molecule has 1 aromatic carbocycles. The number of anilines is 1. The van der Waals surface area contributed by atoms with E-state index in [0.717, 1.165) is 37.9 Å². The molecule has 202 valence electrons. The first-order valence-corrected chi connectivity index (χ1v) is 13.3. The van der Waals surface area contributed by atoms with Gasteiger partial charge in [-0.3, -0.25) is 19.5 Å². The van der Waals surface area contributed by atoms with E-state index < -0.39 is 17.2 Å². The van der Waals surface area contributed by atoms with E-state index >= 15 is 0 Å². The van der Waals surface area contributed by atoms with Crippen LogP contribution in [0, 0.1) is 17.2 Å². The van der Waals surface area contributed by atoms with Gasteiger partial charge in [0.15, 0.2) is 0 Å². The van der Waals surface area contributed by atoms with Crippen molar-refractivity contribution in [2.24, 2.45) is 11.3 Å². The zero-order valence-corrected chi connectivity index (χ0v) is 21.0. The van der Waals surface area contributed by atoms with Gasteiger partial charge in [0.2, 0.25) is 11.8 Å². The molecular weight excluding hydrogens is 500 g/mol. The minimum absolute atomic E-state index is 0.0408. The van der Waals surface area contributed by atoms with Crippen molar-refractivity contribution in [1.29, 1.82) is 0 Å². The van der Waals surface area contributed by atoms with Gasteiger partial charge in [-0.15, -0.1) is 0 Å². The molecule has 0 unspecified atom stereocenters. The Morgan fingerprint density at radius 3 is 2.61 bits per heavy atom. The maximum atomic E-state index is 14.0. The molecule has 0 bridgehead atoms. The average Bonchev–Trinajstić information content (AvgIpc) is 3.46. The number of piperazine rings is 1. The van der Waals surface area contributed by atoms with Crippen LogP contribution in [0.25, 0.3) is 0 Å². The molecule has 6 nitrogen and oxygen atoms in total. The van der Waals surface area contributed by atoms with Gasteiger partial charge in [-0.2, -0.15) is 13.2 Å². The molecule has 0 N–H and O–H groups in total. The lowest BCUT2D eigenvalue weighted by Gasteiger charge is -2.39. The van der Waals surface area contributed by atoms with Crippen molar-refractivity contribution in [2.45, 2.75) is 57.3 Å². The van der Waals surface area contributed by atoms with E-state index in [1.165, 1.54) is 12.1 Å². The number of hydrogen-bond donors (Lipinski definition) is 0. The van der Waals surface area contributed by atoms with Gasteiger partial charge in [0.1, 0.15) is 5.82 Å². The summed E-state index contributed by atoms with van der Waals surface area (Å²) in [5.74, 6) is -0.129. The molecule has 2 saturated carbocycles. The quantitative estimate of drug-likeness (QED) is 0.552. The summed E-state index contributed by atoms with van der Waals surface area (Å²) in [5, 5.41) is 0. The maximum Gasteiger partial charge on any atom is 0.417 e. The van der Waals surface area contributed by atoms with Crippen LogP contribution in [0.5, 0.6) is 0 Å². The highest BCUT2D eigenvalue weighted by Crippen LogP contribution is 2.56. The number of carbonyl (C=O) groups excluding carboxylic acids is 2. The monoisotopic (exact) mass is 530 g/mol. The first-order chi connectivity index (χ1) is 18.1. The number of halogens is 4. The second-order valence-electron chi connectivity index (χ2n) is 11.1. The lowest BCUT2D eigenvalue weighted by Crippen LogP contribution is -2.53. The molecular formula is C28H30F4N4O2. The number of amides is 2. The molecule has 3 atom stereocenters. The van der Waals surface area contributed by atoms with Crippen LogP contribution in [0.15, 0.2) is 36.5 Å². The number of nitrogens with zero attached hydrogens (tertiary/aromatic N) is 4. The zero-order valence-electron chi connectivity index (χ0n) is 21.0. The van der Waals surface area contributed by atoms with Crippen LogP contribution in [0.3, 0.4) is 0 Å². The van der Waals surface area contributed by atoms with Crippen molar-refractivity contribution < 1.29 is 27.2 Å². The minimum atomic E-state index is -4.47. The molecule has 4 aliphatic rings. The van der Waals surface area contributed by atoms with Crippen LogP contribution in [0.2, 0.25) is 0 Å². The van der Waals surface area contributed by atoms with Crippen LogP contribution in [0.1, 0.15) is 48.9 Å². The molecule has 1 aromatic heterocycles. The SMILES string of the molecule is O=C1CN([C@H]2C[C@H]3CCC[C@@]3(C(=O)N3CCc4ncc(C(F)(F)F)cc4C3)C2)CCN1c1ccc(F)cc1. The van der Waals surface area contributed by atoms with Gasteiger partial charge < -0.3 is 9.80 Å². The molecule has 2 aromatic rings. The van der Waals surface area contributed by atoms with Gasteiger partial charge in [-0.25, -0.2) is 4.39 Å². The molecule has 2 amide bonds. The predicted molar refractivity (Wildman–Crippen MR) is 131 cm³/mol. The molecule has 38 heavy (non-hydrogen) atoms. The summed E-state index contributed by atoms with van der Waals surface area (Å²) in [6.45, 7) is 2.04. The largest absolute Gasteiger partial charge is 0.417 e. The molecule has 0 radical (unpaired) electrons. The van der Waals surface area contributed by atoms with E-state index in [1.54, 1.807) is 21.9 Å². The van der Waals surface area contributed by atoms with Crippen LogP contribution >= 0.6 is 0 Å². The lowest BCUT2D eigenvalue weighted by atomic mass is 9.78. The summed E-state index contributed by atoms with van der Waals surface area (Å²) in [6.07, 6.45) is 1.07. The van der Waals surface area contributed by atoms with Gasteiger partial charge in [0, 0.05) is 56.2 Å². The fraction of sp³-hybridized carbons (Fsp3) is 0.536. The number of benzene rings is 1. The maximum absolute atomic E-state index is 14.0. The topological polar surface area (TPSA) is 56.8 Å². The van der Waals surface area contributed by atoms with Gasteiger partial charge >= 0.3 is 6.18 Å². The molecule has 2 aliphatic carbocycles. The second-order valence-corrected chi connectivity index (χ2v) is 11.1. The Bertz CT molecular complexity index is 1250. The fourth-order valence-corrected chi connectivity index (χ4v) is 7.20. The summed E-state index contributed by atoms with van der Waals surface area (Å²) < 4.78 is 53.1. The Morgan fingerprint density at radius 2 is 1.87 bits per heavy atom. The van der Waals surface area contributed by atoms with Crippen molar-refractivity contribution in [3.8, 4) is 0 Å². The minimum Gasteiger partial charge on any atom is -0.337 e. The van der Waals surface area contributed by atoms with E-state index in [-0.39, 0.29) is 42.7 Å². The number of rotatable bonds is 3. The van der Waals surface area contributed by atoms with Gasteiger partial charge in [0.25, 0.3) is 0 Å². The third-order valence-electron chi connectivity index (χ3n) is 9.10. The highest BCUT2D eigenvalue weighted by atomic mass is 19.4. The number of pyridine rings is 1. The number of fused-ring (bicyclic) bond motifs is 2. The second kappa shape index (κ2) is 9.32. The van der Waals surface area contributed by atoms with E-state index in [9.17, 15) is 27.2 Å². The van der Waals surface area contributed by atoms with E-state index in [4.69, 9.17) is 0 Å². The van der Waals surface area contributed by atoms with Crippen molar-refractivity contribution in [1.82, 2.24) is 14.8 Å². The Hall–Kier alpha value is -3.01. The molecule has 3 fully saturated rings. The lowest BCUT2D eigenvalue weighted by molar-refractivity contribution is -0.144. The van der Waals surface area contributed by atoms with Crippen LogP contribution in [-0.4, -0.2) is 58.8 Å². The summed E-state index contributed by atoms with van der Waals surface area (Å²) >= 11 is 0. The highest BCUT2D eigenvalue weighted by Gasteiger charge is 2.57. The van der Waals surface area contributed by atoms with Gasteiger partial charge in [-0.1, -0.05) is 6.42 Å². The Labute approximate surface area is 218 Å². The van der Waals surface area contributed by atoms with E-state index in [1.807, 2.05) is 0 Å². The summed E-state index contributed by atoms with van der Waals surface area (Å²) in [5.41, 5.74) is 0.480. The number of aromatic nitrogens is 1. The number of carbonyl (C=O) groups is 2. The Balaban J connectivity index is 1.16. The normalized spacial score (nSPS) is 27.9. The standard InChI is InChI=1S/C28H30F4N4O2/c29-21-3-5-22(6-4-21)36-11-10-34(17-25(36)37)23-13-19-2-1-8-27(19,14-23)26(38)35-9-7-24-18(16-35)12-20(15-33-24)28(30,31)32/h3-6,12,15,19,23H,1-2,7-11,13-14,16-17H2/t19-,23+,27-/m1/s1. The van der Waals surface area contributed by atoms with Gasteiger partial charge in [0.05, 0.1) is 17.5 Å². The first-order valence-electron chi connectivity index (χ1n) is 13.3. The summed E-state index contributed by atoms with van der Waals surface area (Å²) in [7, 11) is 0. The molecule has 1 saturated heterocycles. The smallest absolute Gasteiger partial charge is 0.337 e. The van der Waals surface area contributed by atoms with Gasteiger partial charge in [-0.05, 0) is 67.5 Å². The predicted octanol–water partition coefficient (Wildman–Crippen LogP) is 4.42. The zero-order chi connectivity index (χ0) is 26.7. The number of hydrogen-bond acceptors (Lipinski definition) is 4. The fourth-order valence-electron chi connectivity index (χ4n) is 7.20. The van der Waals surface area contributed by atoms with E-state index in [0.29, 0.717) is 49.4 Å². The van der Waals surface area contributed by atoms with Crippen molar-refractivity contribution in [2.75, 3.05) is 31.1 Å². The van der Waals surface area contributed by atoms with Crippen LogP contribution in [0.4, 0.5) is 23.2 Å². The van der Waals surface area contributed by atoms with Crippen LogP contribution in [-0.2, 0) is 28.7 Å². The third-order valence-corrected chi connectivity index (χ3v) is 9.10. The molecule has 2 aliphatic heterocycles. The molecule has 3 heterocycles. The number of alkyl halides is 3. The molecule has 0 spiro atoms. The Morgan fingerprint density at radius 1 is 1.08 bits per heavy atom. The summed E-state index contributed by atoms with van der Waals surface area (Å²) in [4.78, 5) is 36.6. The van der Waals surface area contributed by atoms with Crippen molar-refractivity contribution in [3.63, 3.8) is 0 Å². The average molecular weight is 531 g/mol. The van der Waals surface area contributed by atoms with Crippen LogP contribution < -0.4 is 4.90 Å². The van der Waals surface area contributed by atoms with Crippen molar-refractivity contribution in [3.05, 3.63) is 59.2 Å². The summed E-state index contributed by atoms with van der Waals surface area (Å²) in [6, 6.07) is 7.17. The highest BCUT2D eigenvalue weighted by molar-refractivity contribution is 5.95. The van der Waals surface area contributed by atoms with E-state index in [2.05, 4.69) is 9.88 Å². The third kappa shape index (κ3) is 4.36.